The molecular formula is C22H23F3N2O6. The molecule has 0 atom stereocenters. The Kier molecular flexibility index (Phi) is 9.08. The maximum atomic E-state index is 13.6. The van der Waals surface area contributed by atoms with Crippen LogP contribution in [-0.2, 0) is 14.3 Å². The summed E-state index contributed by atoms with van der Waals surface area (Å²) in [5.74, 6) is -6.19. The number of anilines is 1. The minimum Gasteiger partial charge on any atom is -0.493 e. The van der Waals surface area contributed by atoms with Crippen molar-refractivity contribution in [2.24, 2.45) is 5.92 Å². The van der Waals surface area contributed by atoms with E-state index in [1.807, 2.05) is 19.2 Å². The molecule has 11 heteroatoms. The third-order valence-electron chi connectivity index (χ3n) is 4.06. The number of methoxy groups -OCH3 is 1. The van der Waals surface area contributed by atoms with Gasteiger partial charge in [-0.15, -0.1) is 0 Å². The summed E-state index contributed by atoms with van der Waals surface area (Å²) >= 11 is 0. The quantitative estimate of drug-likeness (QED) is 0.411. The summed E-state index contributed by atoms with van der Waals surface area (Å²) in [4.78, 5) is 35.8. The first kappa shape index (κ1) is 25.5. The summed E-state index contributed by atoms with van der Waals surface area (Å²) < 4.78 is 55.3. The second-order valence-corrected chi connectivity index (χ2v) is 7.19. The third kappa shape index (κ3) is 7.41. The highest BCUT2D eigenvalue weighted by atomic mass is 19.2. The molecule has 0 spiro atoms. The van der Waals surface area contributed by atoms with E-state index < -0.39 is 54.1 Å². The molecule has 2 aromatic rings. The first-order valence-corrected chi connectivity index (χ1v) is 9.80. The van der Waals surface area contributed by atoms with Gasteiger partial charge >= 0.3 is 5.97 Å². The number of nitrogens with one attached hydrogen (secondary N) is 2. The Morgan fingerprint density at radius 2 is 1.70 bits per heavy atom. The first-order chi connectivity index (χ1) is 15.6. The fraction of sp³-hybridized carbons (Fsp3) is 0.318. The molecule has 2 rings (SSSR count). The SMILES string of the molecule is COc1cc(C(=O)OCC(=O)NCC(=O)Nc2ccc(F)c(F)c2F)ccc1OCC(C)C. The predicted octanol–water partition coefficient (Wildman–Crippen LogP) is 3.06. The molecule has 0 aliphatic heterocycles. The zero-order chi connectivity index (χ0) is 24.5. The average Bonchev–Trinajstić information content (AvgIpc) is 2.79. The molecule has 0 heterocycles. The van der Waals surface area contributed by atoms with Gasteiger partial charge in [-0.25, -0.2) is 18.0 Å². The summed E-state index contributed by atoms with van der Waals surface area (Å²) in [5.41, 5.74) is -0.475. The molecule has 178 valence electrons. The lowest BCUT2D eigenvalue weighted by atomic mass is 10.2. The van der Waals surface area contributed by atoms with Crippen LogP contribution in [0.4, 0.5) is 18.9 Å². The van der Waals surface area contributed by atoms with E-state index in [1.54, 1.807) is 6.07 Å². The lowest BCUT2D eigenvalue weighted by Crippen LogP contribution is -2.35. The largest absolute Gasteiger partial charge is 0.493 e. The molecule has 0 radical (unpaired) electrons. The molecule has 2 amide bonds. The smallest absolute Gasteiger partial charge is 0.338 e. The zero-order valence-corrected chi connectivity index (χ0v) is 18.2. The van der Waals surface area contributed by atoms with E-state index >= 15 is 0 Å². The van der Waals surface area contributed by atoms with E-state index in [2.05, 4.69) is 5.32 Å². The number of esters is 1. The molecule has 0 fully saturated rings. The van der Waals surface area contributed by atoms with Gasteiger partial charge in [-0.05, 0) is 36.2 Å². The summed E-state index contributed by atoms with van der Waals surface area (Å²) in [6, 6.07) is 5.87. The van der Waals surface area contributed by atoms with Gasteiger partial charge in [0.05, 0.1) is 31.5 Å². The second kappa shape index (κ2) is 11.7. The van der Waals surface area contributed by atoms with Crippen molar-refractivity contribution in [2.45, 2.75) is 13.8 Å². The average molecular weight is 468 g/mol. The third-order valence-corrected chi connectivity index (χ3v) is 4.06. The van der Waals surface area contributed by atoms with Gasteiger partial charge < -0.3 is 24.8 Å². The van der Waals surface area contributed by atoms with Crippen LogP contribution in [-0.4, -0.2) is 44.7 Å². The van der Waals surface area contributed by atoms with Crippen molar-refractivity contribution in [3.63, 3.8) is 0 Å². The lowest BCUT2D eigenvalue weighted by molar-refractivity contribution is -0.126. The van der Waals surface area contributed by atoms with Crippen LogP contribution in [0.5, 0.6) is 11.5 Å². The van der Waals surface area contributed by atoms with Crippen LogP contribution in [0.1, 0.15) is 24.2 Å². The molecular weight excluding hydrogens is 445 g/mol. The van der Waals surface area contributed by atoms with Gasteiger partial charge in [0.1, 0.15) is 0 Å². The van der Waals surface area contributed by atoms with Crippen molar-refractivity contribution in [2.75, 3.05) is 32.2 Å². The number of rotatable bonds is 10. The monoisotopic (exact) mass is 468 g/mol. The normalized spacial score (nSPS) is 10.5. The maximum absolute atomic E-state index is 13.6. The van der Waals surface area contributed by atoms with E-state index in [4.69, 9.17) is 14.2 Å². The Labute approximate surface area is 188 Å². The standard InChI is InChI=1S/C22H23F3N2O6/c1-12(2)10-32-16-7-4-13(8-17(16)31-3)22(30)33-11-19(29)26-9-18(28)27-15-6-5-14(23)20(24)21(15)25/h4-8,12H,9-11H2,1-3H3,(H,26,29)(H,27,28). The van der Waals surface area contributed by atoms with Crippen LogP contribution >= 0.6 is 0 Å². The number of benzene rings is 2. The van der Waals surface area contributed by atoms with Gasteiger partial charge in [-0.1, -0.05) is 13.8 Å². The van der Waals surface area contributed by atoms with Crippen molar-refractivity contribution in [3.05, 3.63) is 53.3 Å². The van der Waals surface area contributed by atoms with E-state index in [-0.39, 0.29) is 11.5 Å². The Morgan fingerprint density at radius 3 is 2.36 bits per heavy atom. The highest BCUT2D eigenvalue weighted by Crippen LogP contribution is 2.28. The minimum atomic E-state index is -1.74. The van der Waals surface area contributed by atoms with Crippen LogP contribution in [0.15, 0.2) is 30.3 Å². The molecule has 33 heavy (non-hydrogen) atoms. The van der Waals surface area contributed by atoms with E-state index in [0.717, 1.165) is 6.07 Å². The van der Waals surface area contributed by atoms with Gasteiger partial charge in [0.15, 0.2) is 35.6 Å². The van der Waals surface area contributed by atoms with Crippen molar-refractivity contribution in [1.82, 2.24) is 5.32 Å². The molecule has 0 saturated carbocycles. The zero-order valence-electron chi connectivity index (χ0n) is 18.2. The molecule has 2 aromatic carbocycles. The van der Waals surface area contributed by atoms with Crippen molar-refractivity contribution >= 4 is 23.5 Å². The van der Waals surface area contributed by atoms with E-state index in [9.17, 15) is 27.6 Å². The van der Waals surface area contributed by atoms with E-state index in [1.165, 1.54) is 19.2 Å². The van der Waals surface area contributed by atoms with Crippen LogP contribution < -0.4 is 20.1 Å². The highest BCUT2D eigenvalue weighted by Gasteiger charge is 2.17. The number of carbonyl (C=O) groups excluding carboxylic acids is 3. The Bertz CT molecular complexity index is 1030. The molecule has 0 saturated heterocycles. The molecule has 2 N–H and O–H groups in total. The topological polar surface area (TPSA) is 103 Å². The van der Waals surface area contributed by atoms with Crippen LogP contribution in [0.3, 0.4) is 0 Å². The van der Waals surface area contributed by atoms with Gasteiger partial charge in [0.2, 0.25) is 5.91 Å². The molecule has 0 aromatic heterocycles. The van der Waals surface area contributed by atoms with Crippen LogP contribution in [0.2, 0.25) is 0 Å². The number of amides is 2. The number of ether oxygens (including phenoxy) is 3. The Hall–Kier alpha value is -3.76. The van der Waals surface area contributed by atoms with Crippen molar-refractivity contribution in [1.29, 1.82) is 0 Å². The molecule has 0 bridgehead atoms. The summed E-state index contributed by atoms with van der Waals surface area (Å²) in [6.07, 6.45) is 0. The molecule has 0 aliphatic carbocycles. The van der Waals surface area contributed by atoms with Gasteiger partial charge in [-0.3, -0.25) is 9.59 Å². The fourth-order valence-corrected chi connectivity index (χ4v) is 2.43. The molecule has 0 aliphatic rings. The van der Waals surface area contributed by atoms with Crippen LogP contribution in [0, 0.1) is 23.4 Å². The van der Waals surface area contributed by atoms with Crippen molar-refractivity contribution < 1.29 is 41.8 Å². The van der Waals surface area contributed by atoms with Gasteiger partial charge in [0.25, 0.3) is 5.91 Å². The fourth-order valence-electron chi connectivity index (χ4n) is 2.43. The first-order valence-electron chi connectivity index (χ1n) is 9.80. The van der Waals surface area contributed by atoms with Crippen molar-refractivity contribution in [3.8, 4) is 11.5 Å². The summed E-state index contributed by atoms with van der Waals surface area (Å²) in [7, 11) is 1.41. The number of halogens is 3. The Morgan fingerprint density at radius 1 is 0.970 bits per heavy atom. The lowest BCUT2D eigenvalue weighted by Gasteiger charge is -2.13. The number of hydrogen-bond acceptors (Lipinski definition) is 6. The number of carbonyl (C=O) groups is 3. The summed E-state index contributed by atoms with van der Waals surface area (Å²) in [5, 5.41) is 4.14. The highest BCUT2D eigenvalue weighted by molar-refractivity contribution is 5.95. The Balaban J connectivity index is 1.83. The van der Waals surface area contributed by atoms with Gasteiger partial charge in [0, 0.05) is 0 Å². The predicted molar refractivity (Wildman–Crippen MR) is 112 cm³/mol. The second-order valence-electron chi connectivity index (χ2n) is 7.19. The van der Waals surface area contributed by atoms with Crippen LogP contribution in [0.25, 0.3) is 0 Å². The van der Waals surface area contributed by atoms with E-state index in [0.29, 0.717) is 24.2 Å². The molecule has 8 nitrogen and oxygen atoms in total. The summed E-state index contributed by atoms with van der Waals surface area (Å²) in [6.45, 7) is 3.10. The number of hydrogen-bond donors (Lipinski definition) is 2. The maximum Gasteiger partial charge on any atom is 0.338 e. The van der Waals surface area contributed by atoms with Gasteiger partial charge in [-0.2, -0.15) is 0 Å². The minimum absolute atomic E-state index is 0.114. The molecule has 0 unspecified atom stereocenters.